The van der Waals surface area contributed by atoms with Gasteiger partial charge in [-0.15, -0.1) is 0 Å². The summed E-state index contributed by atoms with van der Waals surface area (Å²) in [5, 5.41) is 2.63. The zero-order valence-corrected chi connectivity index (χ0v) is 17.3. The summed E-state index contributed by atoms with van der Waals surface area (Å²) in [5.41, 5.74) is 0.353. The zero-order chi connectivity index (χ0) is 23.5. The van der Waals surface area contributed by atoms with Gasteiger partial charge in [-0.25, -0.2) is 17.2 Å². The molecular formula is C20H19F5N2O4S. The van der Waals surface area contributed by atoms with Crippen LogP contribution in [0, 0.1) is 17.6 Å². The minimum absolute atomic E-state index is 0.00364. The van der Waals surface area contributed by atoms with Gasteiger partial charge in [0.2, 0.25) is 15.9 Å². The van der Waals surface area contributed by atoms with Crippen LogP contribution in [-0.2, 0) is 14.8 Å². The number of amides is 1. The Hall–Kier alpha value is -2.73. The number of halogens is 5. The van der Waals surface area contributed by atoms with E-state index >= 15 is 0 Å². The molecule has 2 aromatic carbocycles. The summed E-state index contributed by atoms with van der Waals surface area (Å²) in [5.74, 6) is -3.28. The van der Waals surface area contributed by atoms with Gasteiger partial charge in [0, 0.05) is 24.7 Å². The van der Waals surface area contributed by atoms with Crippen LogP contribution in [0.15, 0.2) is 47.4 Å². The molecule has 1 N–H and O–H groups in total. The Labute approximate surface area is 181 Å². The Morgan fingerprint density at radius 2 is 1.66 bits per heavy atom. The van der Waals surface area contributed by atoms with Crippen LogP contribution in [0.25, 0.3) is 0 Å². The second kappa shape index (κ2) is 9.41. The number of carbonyl (C=O) groups is 1. The van der Waals surface area contributed by atoms with Crippen molar-refractivity contribution in [2.75, 3.05) is 25.0 Å². The van der Waals surface area contributed by atoms with E-state index in [4.69, 9.17) is 0 Å². The van der Waals surface area contributed by atoms with Crippen LogP contribution in [0.1, 0.15) is 12.8 Å². The third-order valence-corrected chi connectivity index (χ3v) is 6.77. The van der Waals surface area contributed by atoms with Crippen molar-refractivity contribution in [1.82, 2.24) is 4.31 Å². The lowest BCUT2D eigenvalue weighted by atomic mass is 9.97. The van der Waals surface area contributed by atoms with Gasteiger partial charge in [-0.2, -0.15) is 17.5 Å². The highest BCUT2D eigenvalue weighted by Gasteiger charge is 2.32. The van der Waals surface area contributed by atoms with Crippen molar-refractivity contribution in [2.24, 2.45) is 5.92 Å². The van der Waals surface area contributed by atoms with Gasteiger partial charge < -0.3 is 10.1 Å². The zero-order valence-electron chi connectivity index (χ0n) is 16.5. The third-order valence-electron chi connectivity index (χ3n) is 4.88. The first-order chi connectivity index (χ1) is 15.0. The average Bonchev–Trinajstić information content (AvgIpc) is 2.74. The molecule has 0 unspecified atom stereocenters. The van der Waals surface area contributed by atoms with Gasteiger partial charge in [0.25, 0.3) is 0 Å². The molecular weight excluding hydrogens is 459 g/mol. The number of hydrogen-bond donors (Lipinski definition) is 1. The van der Waals surface area contributed by atoms with Crippen molar-refractivity contribution in [2.45, 2.75) is 23.9 Å². The number of carbonyl (C=O) groups excluding carboxylic acids is 1. The van der Waals surface area contributed by atoms with E-state index in [9.17, 15) is 35.2 Å². The molecule has 1 saturated heterocycles. The predicted octanol–water partition coefficient (Wildman–Crippen LogP) is 3.95. The molecule has 0 aliphatic carbocycles. The van der Waals surface area contributed by atoms with Crippen LogP contribution in [0.5, 0.6) is 5.75 Å². The second-order valence-corrected chi connectivity index (χ2v) is 9.11. The number of nitrogens with one attached hydrogen (secondary N) is 1. The second-order valence-electron chi connectivity index (χ2n) is 7.17. The number of sulfonamides is 1. The first-order valence-electron chi connectivity index (χ1n) is 9.51. The summed E-state index contributed by atoms with van der Waals surface area (Å²) in [6, 6.07) is 7.71. The van der Waals surface area contributed by atoms with Crippen molar-refractivity contribution >= 4 is 21.6 Å². The summed E-state index contributed by atoms with van der Waals surface area (Å²) in [7, 11) is -4.03. The topological polar surface area (TPSA) is 75.7 Å². The van der Waals surface area contributed by atoms with Crippen LogP contribution in [-0.4, -0.2) is 44.5 Å². The summed E-state index contributed by atoms with van der Waals surface area (Å²) < 4.78 is 93.9. The number of rotatable bonds is 6. The van der Waals surface area contributed by atoms with Crippen molar-refractivity contribution in [3.05, 3.63) is 54.1 Å². The van der Waals surface area contributed by atoms with Gasteiger partial charge in [-0.05, 0) is 55.3 Å². The molecule has 1 aliphatic heterocycles. The molecule has 3 rings (SSSR count). The van der Waals surface area contributed by atoms with Crippen molar-refractivity contribution in [1.29, 1.82) is 0 Å². The van der Waals surface area contributed by atoms with E-state index in [0.29, 0.717) is 11.8 Å². The molecule has 1 aliphatic rings. The molecule has 0 aromatic heterocycles. The minimum Gasteiger partial charge on any atom is -0.484 e. The first-order valence-corrected chi connectivity index (χ1v) is 11.0. The number of alkyl halides is 3. The molecule has 1 heterocycles. The van der Waals surface area contributed by atoms with Gasteiger partial charge in [0.05, 0.1) is 4.90 Å². The fourth-order valence-corrected chi connectivity index (χ4v) is 4.67. The van der Waals surface area contributed by atoms with Gasteiger partial charge in [0.15, 0.2) is 18.2 Å². The van der Waals surface area contributed by atoms with Crippen LogP contribution in [0.4, 0.5) is 27.6 Å². The first kappa shape index (κ1) is 23.9. The molecule has 1 fully saturated rings. The molecule has 0 atom stereocenters. The van der Waals surface area contributed by atoms with E-state index in [1.807, 2.05) is 0 Å². The molecule has 0 radical (unpaired) electrons. The van der Waals surface area contributed by atoms with E-state index in [1.165, 1.54) is 24.3 Å². The van der Waals surface area contributed by atoms with E-state index in [-0.39, 0.29) is 42.5 Å². The number of piperidine rings is 1. The van der Waals surface area contributed by atoms with Gasteiger partial charge in [0.1, 0.15) is 5.75 Å². The molecule has 1 amide bonds. The van der Waals surface area contributed by atoms with Crippen molar-refractivity contribution in [3.8, 4) is 5.75 Å². The number of benzene rings is 2. The Kier molecular flexibility index (Phi) is 7.03. The highest BCUT2D eigenvalue weighted by atomic mass is 32.2. The minimum atomic E-state index is -4.46. The summed E-state index contributed by atoms with van der Waals surface area (Å²) in [6.07, 6.45) is -4.04. The molecule has 0 bridgehead atoms. The van der Waals surface area contributed by atoms with E-state index in [1.54, 1.807) is 0 Å². The Balaban J connectivity index is 1.54. The maximum Gasteiger partial charge on any atom is 0.422 e. The fourth-order valence-electron chi connectivity index (χ4n) is 3.19. The summed E-state index contributed by atoms with van der Waals surface area (Å²) in [6.45, 7) is -1.39. The van der Waals surface area contributed by atoms with E-state index < -0.39 is 40.4 Å². The van der Waals surface area contributed by atoms with Gasteiger partial charge >= 0.3 is 6.18 Å². The molecule has 32 heavy (non-hydrogen) atoms. The highest BCUT2D eigenvalue weighted by Crippen LogP contribution is 2.26. The van der Waals surface area contributed by atoms with Crippen LogP contribution in [0.3, 0.4) is 0 Å². The maximum absolute atomic E-state index is 13.4. The standard InChI is InChI=1S/C20H19F5N2O4S/c21-17-6-5-16(11-18(17)22)32(29,30)27-9-7-13(8-10-27)19(28)26-14-1-3-15(4-2-14)31-12-20(23,24)25/h1-6,11,13H,7-10,12H2,(H,26,28). The molecule has 12 heteroatoms. The molecule has 174 valence electrons. The van der Waals surface area contributed by atoms with Gasteiger partial charge in [-0.1, -0.05) is 0 Å². The third kappa shape index (κ3) is 5.94. The van der Waals surface area contributed by atoms with E-state index in [0.717, 1.165) is 16.4 Å². The van der Waals surface area contributed by atoms with Crippen molar-refractivity contribution in [3.63, 3.8) is 0 Å². The molecule has 0 spiro atoms. The summed E-state index contributed by atoms with van der Waals surface area (Å²) in [4.78, 5) is 12.1. The molecule has 6 nitrogen and oxygen atoms in total. The summed E-state index contributed by atoms with van der Waals surface area (Å²) >= 11 is 0. The smallest absolute Gasteiger partial charge is 0.422 e. The monoisotopic (exact) mass is 478 g/mol. The van der Waals surface area contributed by atoms with Gasteiger partial charge in [-0.3, -0.25) is 4.79 Å². The van der Waals surface area contributed by atoms with Crippen LogP contribution >= 0.6 is 0 Å². The molecule has 2 aromatic rings. The normalized spacial score (nSPS) is 16.0. The largest absolute Gasteiger partial charge is 0.484 e. The van der Waals surface area contributed by atoms with Crippen LogP contribution in [0.2, 0.25) is 0 Å². The van der Waals surface area contributed by atoms with Crippen LogP contribution < -0.4 is 10.1 Å². The maximum atomic E-state index is 13.4. The SMILES string of the molecule is O=C(Nc1ccc(OCC(F)(F)F)cc1)C1CCN(S(=O)(=O)c2ccc(F)c(F)c2)CC1. The Bertz CT molecular complexity index is 1070. The fraction of sp³-hybridized carbons (Fsp3) is 0.350. The van der Waals surface area contributed by atoms with Crippen molar-refractivity contribution < 1.29 is 39.9 Å². The number of hydrogen-bond acceptors (Lipinski definition) is 4. The Morgan fingerprint density at radius 1 is 1.03 bits per heavy atom. The molecule has 0 saturated carbocycles. The average molecular weight is 478 g/mol. The van der Waals surface area contributed by atoms with E-state index in [2.05, 4.69) is 10.1 Å². The Morgan fingerprint density at radius 3 is 2.22 bits per heavy atom. The lowest BCUT2D eigenvalue weighted by molar-refractivity contribution is -0.153. The highest BCUT2D eigenvalue weighted by molar-refractivity contribution is 7.89. The lowest BCUT2D eigenvalue weighted by Gasteiger charge is -2.30. The lowest BCUT2D eigenvalue weighted by Crippen LogP contribution is -2.41. The number of nitrogens with zero attached hydrogens (tertiary/aromatic N) is 1. The number of ether oxygens (including phenoxy) is 1. The predicted molar refractivity (Wildman–Crippen MR) is 104 cm³/mol. The number of anilines is 1. The quantitative estimate of drug-likeness (QED) is 0.639.